The fourth-order valence-electron chi connectivity index (χ4n) is 2.81. The normalized spacial score (nSPS) is 16.7. The zero-order chi connectivity index (χ0) is 14.1. The lowest BCUT2D eigenvalue weighted by atomic mass is 9.87. The summed E-state index contributed by atoms with van der Waals surface area (Å²) in [5, 5.41) is 3.06. The molecule has 0 spiro atoms. The van der Waals surface area contributed by atoms with E-state index in [-0.39, 0.29) is 24.4 Å². The Morgan fingerprint density at radius 1 is 1.38 bits per heavy atom. The number of halogens is 1. The molecule has 21 heavy (non-hydrogen) atoms. The second-order valence-corrected chi connectivity index (χ2v) is 5.31. The molecule has 1 unspecified atom stereocenters. The number of hydrogen-bond donors (Lipinski definition) is 2. The van der Waals surface area contributed by atoms with Gasteiger partial charge in [0, 0.05) is 11.3 Å². The SMILES string of the molecule is Cc1ccoc1C(=O)NC1CCCc2cc(N)ccc21.Cl. The van der Waals surface area contributed by atoms with Crippen LogP contribution in [0.25, 0.3) is 0 Å². The maximum absolute atomic E-state index is 12.2. The molecule has 2 aromatic rings. The second-order valence-electron chi connectivity index (χ2n) is 5.31. The van der Waals surface area contributed by atoms with Gasteiger partial charge in [-0.25, -0.2) is 0 Å². The van der Waals surface area contributed by atoms with Crippen molar-refractivity contribution in [1.29, 1.82) is 0 Å². The Hall–Kier alpha value is -1.94. The van der Waals surface area contributed by atoms with Crippen LogP contribution in [0.5, 0.6) is 0 Å². The van der Waals surface area contributed by atoms with Crippen LogP contribution in [-0.4, -0.2) is 5.91 Å². The third-order valence-corrected chi connectivity index (χ3v) is 3.86. The molecule has 1 aliphatic carbocycles. The number of nitrogens with two attached hydrogens (primary N) is 1. The lowest BCUT2D eigenvalue weighted by molar-refractivity contribution is 0.0904. The average molecular weight is 307 g/mol. The van der Waals surface area contributed by atoms with Gasteiger partial charge in [0.2, 0.25) is 0 Å². The zero-order valence-electron chi connectivity index (χ0n) is 11.9. The van der Waals surface area contributed by atoms with Crippen molar-refractivity contribution in [2.45, 2.75) is 32.2 Å². The lowest BCUT2D eigenvalue weighted by Crippen LogP contribution is -2.31. The van der Waals surface area contributed by atoms with Crippen molar-refractivity contribution in [1.82, 2.24) is 5.32 Å². The largest absolute Gasteiger partial charge is 0.459 e. The highest BCUT2D eigenvalue weighted by molar-refractivity contribution is 5.93. The number of furan rings is 1. The van der Waals surface area contributed by atoms with Gasteiger partial charge in [-0.15, -0.1) is 12.4 Å². The maximum atomic E-state index is 12.2. The summed E-state index contributed by atoms with van der Waals surface area (Å²) in [6, 6.07) is 7.75. The number of fused-ring (bicyclic) bond motifs is 1. The minimum absolute atomic E-state index is 0. The van der Waals surface area contributed by atoms with Crippen LogP contribution in [-0.2, 0) is 6.42 Å². The smallest absolute Gasteiger partial charge is 0.287 e. The summed E-state index contributed by atoms with van der Waals surface area (Å²) in [5.41, 5.74) is 9.86. The summed E-state index contributed by atoms with van der Waals surface area (Å²) in [4.78, 5) is 12.2. The van der Waals surface area contributed by atoms with Crippen molar-refractivity contribution in [2.24, 2.45) is 0 Å². The molecule has 0 aliphatic heterocycles. The highest BCUT2D eigenvalue weighted by atomic mass is 35.5. The van der Waals surface area contributed by atoms with E-state index in [1.807, 2.05) is 25.1 Å². The Bertz CT molecular complexity index is 651. The Labute approximate surface area is 130 Å². The van der Waals surface area contributed by atoms with E-state index in [1.54, 1.807) is 12.3 Å². The molecular weight excluding hydrogens is 288 g/mol. The molecule has 3 rings (SSSR count). The maximum Gasteiger partial charge on any atom is 0.287 e. The van der Waals surface area contributed by atoms with Gasteiger partial charge in [-0.2, -0.15) is 0 Å². The summed E-state index contributed by atoms with van der Waals surface area (Å²) in [7, 11) is 0. The minimum Gasteiger partial charge on any atom is -0.459 e. The van der Waals surface area contributed by atoms with Gasteiger partial charge in [0.1, 0.15) is 0 Å². The Kier molecular flexibility index (Phi) is 4.58. The second kappa shape index (κ2) is 6.22. The van der Waals surface area contributed by atoms with Gasteiger partial charge >= 0.3 is 0 Å². The van der Waals surface area contributed by atoms with Gasteiger partial charge in [0.15, 0.2) is 5.76 Å². The molecule has 4 nitrogen and oxygen atoms in total. The van der Waals surface area contributed by atoms with Crippen molar-refractivity contribution in [2.75, 3.05) is 5.73 Å². The highest BCUT2D eigenvalue weighted by Crippen LogP contribution is 2.31. The first-order chi connectivity index (χ1) is 9.65. The molecule has 1 atom stereocenters. The van der Waals surface area contributed by atoms with Crippen molar-refractivity contribution < 1.29 is 9.21 Å². The van der Waals surface area contributed by atoms with E-state index < -0.39 is 0 Å². The van der Waals surface area contributed by atoms with Gasteiger partial charge in [-0.3, -0.25) is 4.79 Å². The van der Waals surface area contributed by atoms with Crippen LogP contribution < -0.4 is 11.1 Å². The molecule has 1 aliphatic rings. The molecule has 0 radical (unpaired) electrons. The lowest BCUT2D eigenvalue weighted by Gasteiger charge is -2.26. The number of nitrogens with one attached hydrogen (secondary N) is 1. The van der Waals surface area contributed by atoms with Crippen molar-refractivity contribution in [3.05, 3.63) is 53.0 Å². The van der Waals surface area contributed by atoms with Gasteiger partial charge in [-0.05, 0) is 55.5 Å². The number of carbonyl (C=O) groups is 1. The first-order valence-corrected chi connectivity index (χ1v) is 6.88. The number of hydrogen-bond acceptors (Lipinski definition) is 3. The topological polar surface area (TPSA) is 68.3 Å². The standard InChI is InChI=1S/C16H18N2O2.ClH/c1-10-7-8-20-15(10)16(19)18-14-4-2-3-11-9-12(17)5-6-13(11)14;/h5-9,14H,2-4,17H2,1H3,(H,18,19);1H. The molecule has 1 aromatic carbocycles. The predicted molar refractivity (Wildman–Crippen MR) is 84.7 cm³/mol. The molecule has 1 heterocycles. The van der Waals surface area contributed by atoms with E-state index in [0.717, 1.165) is 30.5 Å². The Balaban J connectivity index is 0.00000161. The van der Waals surface area contributed by atoms with Crippen molar-refractivity contribution in [3.63, 3.8) is 0 Å². The average Bonchev–Trinajstić information content (AvgIpc) is 2.85. The van der Waals surface area contributed by atoms with E-state index in [0.29, 0.717) is 5.76 Å². The quantitative estimate of drug-likeness (QED) is 0.836. The van der Waals surface area contributed by atoms with E-state index in [1.165, 1.54) is 11.1 Å². The summed E-state index contributed by atoms with van der Waals surface area (Å²) < 4.78 is 5.24. The van der Waals surface area contributed by atoms with Crippen LogP contribution in [0.4, 0.5) is 5.69 Å². The first-order valence-electron chi connectivity index (χ1n) is 6.88. The highest BCUT2D eigenvalue weighted by Gasteiger charge is 2.23. The van der Waals surface area contributed by atoms with Crippen molar-refractivity contribution >= 4 is 24.0 Å². The fourth-order valence-corrected chi connectivity index (χ4v) is 2.81. The number of nitrogen functional groups attached to an aromatic ring is 1. The summed E-state index contributed by atoms with van der Waals surface area (Å²) in [5.74, 6) is 0.245. The van der Waals surface area contributed by atoms with Crippen LogP contribution in [0.15, 0.2) is 34.9 Å². The van der Waals surface area contributed by atoms with E-state index in [9.17, 15) is 4.79 Å². The van der Waals surface area contributed by atoms with Crippen LogP contribution in [0.1, 0.15) is 46.1 Å². The summed E-state index contributed by atoms with van der Waals surface area (Å²) in [6.45, 7) is 1.87. The number of amides is 1. The van der Waals surface area contributed by atoms with Crippen molar-refractivity contribution in [3.8, 4) is 0 Å². The molecule has 1 aromatic heterocycles. The number of benzene rings is 1. The van der Waals surface area contributed by atoms with Crippen LogP contribution in [0.3, 0.4) is 0 Å². The number of rotatable bonds is 2. The van der Waals surface area contributed by atoms with Crippen LogP contribution in [0, 0.1) is 6.92 Å². The zero-order valence-corrected chi connectivity index (χ0v) is 12.7. The Morgan fingerprint density at radius 2 is 2.19 bits per heavy atom. The number of carbonyl (C=O) groups excluding carboxylic acids is 1. The third kappa shape index (κ3) is 3.05. The first kappa shape index (κ1) is 15.4. The molecule has 3 N–H and O–H groups in total. The number of anilines is 1. The summed E-state index contributed by atoms with van der Waals surface area (Å²) >= 11 is 0. The third-order valence-electron chi connectivity index (χ3n) is 3.86. The van der Waals surface area contributed by atoms with E-state index in [4.69, 9.17) is 10.2 Å². The predicted octanol–water partition coefficient (Wildman–Crippen LogP) is 3.40. The van der Waals surface area contributed by atoms with Gasteiger partial charge in [-0.1, -0.05) is 6.07 Å². The molecule has 5 heteroatoms. The molecule has 0 bridgehead atoms. The molecule has 0 saturated carbocycles. The molecule has 112 valence electrons. The molecule has 1 amide bonds. The van der Waals surface area contributed by atoms with Crippen LogP contribution >= 0.6 is 12.4 Å². The summed E-state index contributed by atoms with van der Waals surface area (Å²) in [6.07, 6.45) is 4.56. The monoisotopic (exact) mass is 306 g/mol. The molecular formula is C16H19ClN2O2. The molecule has 0 fully saturated rings. The fraction of sp³-hybridized carbons (Fsp3) is 0.312. The minimum atomic E-state index is -0.151. The van der Waals surface area contributed by atoms with Crippen LogP contribution in [0.2, 0.25) is 0 Å². The van der Waals surface area contributed by atoms with E-state index >= 15 is 0 Å². The van der Waals surface area contributed by atoms with Gasteiger partial charge < -0.3 is 15.5 Å². The Morgan fingerprint density at radius 3 is 2.90 bits per heavy atom. The van der Waals surface area contributed by atoms with Gasteiger partial charge in [0.25, 0.3) is 5.91 Å². The number of aryl methyl sites for hydroxylation is 2. The van der Waals surface area contributed by atoms with E-state index in [2.05, 4.69) is 5.32 Å². The van der Waals surface area contributed by atoms with Gasteiger partial charge in [0.05, 0.1) is 12.3 Å². The molecule has 0 saturated heterocycles.